The van der Waals surface area contributed by atoms with Crippen molar-refractivity contribution in [1.29, 1.82) is 0 Å². The molecule has 0 bridgehead atoms. The zero-order valence-corrected chi connectivity index (χ0v) is 17.2. The van der Waals surface area contributed by atoms with Crippen LogP contribution >= 0.6 is 0 Å². The molecule has 158 valence electrons. The number of amides is 1. The first-order valence-corrected chi connectivity index (χ1v) is 11.1. The van der Waals surface area contributed by atoms with Crippen molar-refractivity contribution < 1.29 is 22.4 Å². The van der Waals surface area contributed by atoms with E-state index in [9.17, 15) is 13.2 Å². The second-order valence-electron chi connectivity index (χ2n) is 6.97. The SMILES string of the molecule is COc1cccc(NS(=O)(=O)c2ccc(-c3[nH]ncc3C(=O)N3CCCCC3)o2)c1. The van der Waals surface area contributed by atoms with E-state index >= 15 is 0 Å². The fourth-order valence-corrected chi connectivity index (χ4v) is 4.38. The maximum absolute atomic E-state index is 12.8. The third kappa shape index (κ3) is 4.04. The van der Waals surface area contributed by atoms with Gasteiger partial charge in [0.25, 0.3) is 15.9 Å². The van der Waals surface area contributed by atoms with Crippen LogP contribution in [0.15, 0.2) is 52.1 Å². The van der Waals surface area contributed by atoms with Crippen molar-refractivity contribution in [3.05, 3.63) is 48.2 Å². The number of H-pyrrole nitrogens is 1. The highest BCUT2D eigenvalue weighted by molar-refractivity contribution is 7.92. The van der Waals surface area contributed by atoms with Crippen LogP contribution in [0.25, 0.3) is 11.5 Å². The molecular formula is C20H22N4O5S. The van der Waals surface area contributed by atoms with E-state index in [1.807, 2.05) is 0 Å². The number of carbonyl (C=O) groups is 1. The van der Waals surface area contributed by atoms with Crippen LogP contribution in [0.5, 0.6) is 5.75 Å². The molecule has 4 rings (SSSR count). The zero-order chi connectivity index (χ0) is 21.1. The van der Waals surface area contributed by atoms with Crippen LogP contribution in [0.4, 0.5) is 5.69 Å². The van der Waals surface area contributed by atoms with Gasteiger partial charge in [-0.3, -0.25) is 14.6 Å². The van der Waals surface area contributed by atoms with E-state index in [4.69, 9.17) is 9.15 Å². The minimum absolute atomic E-state index is 0.145. The Labute approximate surface area is 174 Å². The maximum atomic E-state index is 12.8. The van der Waals surface area contributed by atoms with Crippen molar-refractivity contribution in [2.24, 2.45) is 0 Å². The summed E-state index contributed by atoms with van der Waals surface area (Å²) < 4.78 is 38.5. The van der Waals surface area contributed by atoms with E-state index < -0.39 is 10.0 Å². The number of nitrogens with one attached hydrogen (secondary N) is 2. The van der Waals surface area contributed by atoms with Gasteiger partial charge in [-0.1, -0.05) is 6.07 Å². The Morgan fingerprint density at radius 3 is 2.77 bits per heavy atom. The molecule has 0 unspecified atom stereocenters. The number of sulfonamides is 1. The number of benzene rings is 1. The summed E-state index contributed by atoms with van der Waals surface area (Å²) in [4.78, 5) is 14.6. The van der Waals surface area contributed by atoms with Gasteiger partial charge in [-0.15, -0.1) is 0 Å². The van der Waals surface area contributed by atoms with Gasteiger partial charge in [0.05, 0.1) is 24.6 Å². The highest BCUT2D eigenvalue weighted by Crippen LogP contribution is 2.28. The van der Waals surface area contributed by atoms with Gasteiger partial charge in [0.2, 0.25) is 5.09 Å². The second kappa shape index (κ2) is 8.23. The summed E-state index contributed by atoms with van der Waals surface area (Å²) in [6.45, 7) is 1.40. The van der Waals surface area contributed by atoms with Crippen LogP contribution in [0.2, 0.25) is 0 Å². The average molecular weight is 430 g/mol. The number of aromatic amines is 1. The van der Waals surface area contributed by atoms with E-state index in [2.05, 4.69) is 14.9 Å². The summed E-state index contributed by atoms with van der Waals surface area (Å²) in [5.41, 5.74) is 1.05. The van der Waals surface area contributed by atoms with Crippen LogP contribution in [0.3, 0.4) is 0 Å². The number of piperidine rings is 1. The lowest BCUT2D eigenvalue weighted by Crippen LogP contribution is -2.35. The number of likely N-dealkylation sites (tertiary alicyclic amines) is 1. The lowest BCUT2D eigenvalue weighted by molar-refractivity contribution is 0.0725. The average Bonchev–Trinajstić information content (AvgIpc) is 3.43. The molecule has 0 atom stereocenters. The third-order valence-electron chi connectivity index (χ3n) is 4.93. The molecule has 3 aromatic rings. The quantitative estimate of drug-likeness (QED) is 0.620. The molecule has 0 radical (unpaired) electrons. The lowest BCUT2D eigenvalue weighted by Gasteiger charge is -2.26. The Morgan fingerprint density at radius 1 is 1.20 bits per heavy atom. The Balaban J connectivity index is 1.57. The van der Waals surface area contributed by atoms with Gasteiger partial charge in [0.15, 0.2) is 5.76 Å². The number of nitrogens with zero attached hydrogens (tertiary/aromatic N) is 2. The molecular weight excluding hydrogens is 408 g/mol. The van der Waals surface area contributed by atoms with Crippen LogP contribution in [-0.2, 0) is 10.0 Å². The van der Waals surface area contributed by atoms with E-state index in [1.165, 1.54) is 25.4 Å². The molecule has 10 heteroatoms. The molecule has 1 aromatic carbocycles. The van der Waals surface area contributed by atoms with Gasteiger partial charge in [0, 0.05) is 19.2 Å². The highest BCUT2D eigenvalue weighted by Gasteiger charge is 2.26. The minimum atomic E-state index is -3.96. The number of carbonyl (C=O) groups excluding carboxylic acids is 1. The van der Waals surface area contributed by atoms with Crippen molar-refractivity contribution in [3.63, 3.8) is 0 Å². The monoisotopic (exact) mass is 430 g/mol. The summed E-state index contributed by atoms with van der Waals surface area (Å²) in [5, 5.41) is 6.44. The fraction of sp³-hybridized carbons (Fsp3) is 0.300. The molecule has 9 nitrogen and oxygen atoms in total. The van der Waals surface area contributed by atoms with Gasteiger partial charge in [-0.25, -0.2) is 0 Å². The number of anilines is 1. The molecule has 1 saturated heterocycles. The number of ether oxygens (including phenoxy) is 1. The minimum Gasteiger partial charge on any atom is -0.497 e. The number of rotatable bonds is 6. The Kier molecular flexibility index (Phi) is 5.49. The standard InChI is InChI=1S/C20H22N4O5S/c1-28-15-7-5-6-14(12-15)23-30(26,27)18-9-8-17(29-18)19-16(13-21-22-19)20(25)24-10-3-2-4-11-24/h5-9,12-13,23H,2-4,10-11H2,1H3,(H,21,22). The summed E-state index contributed by atoms with van der Waals surface area (Å²) in [6.07, 6.45) is 4.50. The molecule has 1 amide bonds. The van der Waals surface area contributed by atoms with Gasteiger partial charge >= 0.3 is 0 Å². The summed E-state index contributed by atoms with van der Waals surface area (Å²) >= 11 is 0. The largest absolute Gasteiger partial charge is 0.497 e. The number of methoxy groups -OCH3 is 1. The van der Waals surface area contributed by atoms with Crippen LogP contribution < -0.4 is 9.46 Å². The van der Waals surface area contributed by atoms with Crippen molar-refractivity contribution in [2.75, 3.05) is 24.9 Å². The maximum Gasteiger partial charge on any atom is 0.295 e. The van der Waals surface area contributed by atoms with Crippen molar-refractivity contribution in [3.8, 4) is 17.2 Å². The van der Waals surface area contributed by atoms with Gasteiger partial charge in [-0.05, 0) is 43.5 Å². The number of furan rings is 1. The Morgan fingerprint density at radius 2 is 2.00 bits per heavy atom. The third-order valence-corrected chi connectivity index (χ3v) is 6.18. The number of aromatic nitrogens is 2. The zero-order valence-electron chi connectivity index (χ0n) is 16.4. The molecule has 1 fully saturated rings. The van der Waals surface area contributed by atoms with Crippen LogP contribution in [0, 0.1) is 0 Å². The van der Waals surface area contributed by atoms with Gasteiger partial charge < -0.3 is 14.1 Å². The summed E-state index contributed by atoms with van der Waals surface area (Å²) in [6, 6.07) is 9.39. The van der Waals surface area contributed by atoms with Gasteiger partial charge in [0.1, 0.15) is 11.4 Å². The first-order valence-electron chi connectivity index (χ1n) is 9.57. The van der Waals surface area contributed by atoms with E-state index in [0.717, 1.165) is 19.3 Å². The molecule has 3 heterocycles. The van der Waals surface area contributed by atoms with E-state index in [0.29, 0.717) is 35.8 Å². The normalized spacial score (nSPS) is 14.5. The Bertz CT molecular complexity index is 1150. The predicted octanol–water partition coefficient (Wildman–Crippen LogP) is 3.11. The molecule has 1 aliphatic rings. The lowest BCUT2D eigenvalue weighted by atomic mass is 10.1. The van der Waals surface area contributed by atoms with Crippen molar-refractivity contribution in [2.45, 2.75) is 24.4 Å². The topological polar surface area (TPSA) is 118 Å². The summed E-state index contributed by atoms with van der Waals surface area (Å²) in [5.74, 6) is 0.598. The Hall–Kier alpha value is -3.27. The first-order chi connectivity index (χ1) is 14.5. The number of hydrogen-bond donors (Lipinski definition) is 2. The highest BCUT2D eigenvalue weighted by atomic mass is 32.2. The molecule has 1 aliphatic heterocycles. The van der Waals surface area contributed by atoms with Gasteiger partial charge in [-0.2, -0.15) is 13.5 Å². The fourth-order valence-electron chi connectivity index (χ4n) is 3.39. The van der Waals surface area contributed by atoms with Crippen LogP contribution in [-0.4, -0.2) is 49.6 Å². The smallest absolute Gasteiger partial charge is 0.295 e. The predicted molar refractivity (Wildman–Crippen MR) is 110 cm³/mol. The van der Waals surface area contributed by atoms with E-state index in [1.54, 1.807) is 29.2 Å². The molecule has 30 heavy (non-hydrogen) atoms. The van der Waals surface area contributed by atoms with Crippen LogP contribution in [0.1, 0.15) is 29.6 Å². The summed E-state index contributed by atoms with van der Waals surface area (Å²) in [7, 11) is -2.46. The van der Waals surface area contributed by atoms with Crippen molar-refractivity contribution in [1.82, 2.24) is 15.1 Å². The first kappa shape index (κ1) is 20.0. The molecule has 0 saturated carbocycles. The molecule has 2 N–H and O–H groups in total. The number of hydrogen-bond acceptors (Lipinski definition) is 6. The van der Waals surface area contributed by atoms with E-state index in [-0.39, 0.29) is 16.8 Å². The second-order valence-corrected chi connectivity index (χ2v) is 8.58. The molecule has 0 aliphatic carbocycles. The van der Waals surface area contributed by atoms with Crippen molar-refractivity contribution >= 4 is 21.6 Å². The molecule has 0 spiro atoms. The molecule has 2 aromatic heterocycles.